The van der Waals surface area contributed by atoms with Crippen molar-refractivity contribution in [2.24, 2.45) is 11.5 Å². The molecule has 0 aromatic heterocycles. The van der Waals surface area contributed by atoms with E-state index in [4.69, 9.17) is 5.41 Å². The van der Waals surface area contributed by atoms with E-state index < -0.39 is 0 Å². The maximum atomic E-state index is 6.06. The summed E-state index contributed by atoms with van der Waals surface area (Å²) in [5.41, 5.74) is 8.94. The molecule has 40 valence electrons. The molecule has 0 aromatic rings. The van der Waals surface area contributed by atoms with E-state index in [1.54, 1.807) is 0 Å². The van der Waals surface area contributed by atoms with Gasteiger partial charge in [-0.1, -0.05) is 0 Å². The van der Waals surface area contributed by atoms with Crippen molar-refractivity contribution in [1.29, 1.82) is 5.41 Å². The fourth-order valence-electron chi connectivity index (χ4n) is 0. The molecule has 0 aliphatic carbocycles. The predicted octanol–water partition coefficient (Wildman–Crippen LogP) is -0.837. The van der Waals surface area contributed by atoms with E-state index in [9.17, 15) is 0 Å². The van der Waals surface area contributed by atoms with Crippen molar-refractivity contribution in [1.82, 2.24) is 12.3 Å². The third-order valence-electron chi connectivity index (χ3n) is 0. The molecule has 0 rings (SSSR count). The van der Waals surface area contributed by atoms with Gasteiger partial charge in [0.1, 0.15) is 0 Å². The summed E-state index contributed by atoms with van der Waals surface area (Å²) in [7, 11) is 0. The maximum absolute atomic E-state index is 6.06. The van der Waals surface area contributed by atoms with Crippen LogP contribution in [0.3, 0.4) is 0 Å². The van der Waals surface area contributed by atoms with Crippen molar-refractivity contribution in [2.45, 2.75) is 0 Å². The highest BCUT2D eigenvalue weighted by Crippen LogP contribution is 1.13. The molecule has 0 aromatic carbocycles. The second-order valence-electron chi connectivity index (χ2n) is 0.455. The Balaban J connectivity index is -0.0000000450. The summed E-state index contributed by atoms with van der Waals surface area (Å²) in [6.45, 7) is 0. The lowest BCUT2D eigenvalue weighted by atomic mass is 11.1. The predicted molar refractivity (Wildman–Crippen MR) is 26.1 cm³/mol. The lowest BCUT2D eigenvalue weighted by molar-refractivity contribution is 1.39. The normalized spacial score (nSPS) is 4.00. The zero-order valence-corrected chi connectivity index (χ0v) is 3.57. The van der Waals surface area contributed by atoms with Crippen LogP contribution >= 0.6 is 0 Å². The Morgan fingerprint density at radius 3 is 1.17 bits per heavy atom. The number of guanidine groups is 1. The fourth-order valence-corrected chi connectivity index (χ4v) is 0. The van der Waals surface area contributed by atoms with Crippen molar-refractivity contribution in [3.05, 3.63) is 0 Å². The molecule has 0 aliphatic heterocycles. The van der Waals surface area contributed by atoms with Gasteiger partial charge in [0, 0.05) is 0 Å². The number of nitrogens with two attached hydrogens (primary N) is 2. The van der Waals surface area contributed by atoms with Crippen LogP contribution in [0.5, 0.6) is 0 Å². The molecule has 6 heavy (non-hydrogen) atoms. The number of rotatable bonds is 0. The Labute approximate surface area is 36.4 Å². The molecule has 5 nitrogen and oxygen atoms in total. The molecule has 0 bridgehead atoms. The monoisotopic (exact) mass is 93.1 g/mol. The topological polar surface area (TPSA) is 146 Å². The molecule has 0 fully saturated rings. The number of hydrogen-bond acceptors (Lipinski definition) is 3. The van der Waals surface area contributed by atoms with Crippen LogP contribution in [0.2, 0.25) is 0 Å². The van der Waals surface area contributed by atoms with Crippen LogP contribution in [0.1, 0.15) is 0 Å². The van der Waals surface area contributed by atoms with Crippen LogP contribution in [0.15, 0.2) is 0 Å². The highest BCUT2D eigenvalue weighted by molar-refractivity contribution is 5.71. The van der Waals surface area contributed by atoms with Crippen molar-refractivity contribution >= 4 is 5.96 Å². The van der Waals surface area contributed by atoms with Gasteiger partial charge in [-0.05, 0) is 0 Å². The first-order valence-electron chi connectivity index (χ1n) is 0.827. The van der Waals surface area contributed by atoms with Crippen LogP contribution in [0.4, 0.5) is 0 Å². The van der Waals surface area contributed by atoms with E-state index in [0.717, 1.165) is 0 Å². The van der Waals surface area contributed by atoms with E-state index in [1.165, 1.54) is 0 Å². The third kappa shape index (κ3) is 23.3. The maximum Gasteiger partial charge on any atom is 0.183 e. The summed E-state index contributed by atoms with van der Waals surface area (Å²) in [4.78, 5) is 0. The van der Waals surface area contributed by atoms with E-state index >= 15 is 0 Å². The summed E-state index contributed by atoms with van der Waals surface area (Å²) in [6, 6.07) is 0. The summed E-state index contributed by atoms with van der Waals surface area (Å²) < 4.78 is 0. The van der Waals surface area contributed by atoms with Crippen LogP contribution in [-0.2, 0) is 0 Å². The molecule has 0 radical (unpaired) electrons. The zero-order chi connectivity index (χ0) is 3.58. The van der Waals surface area contributed by atoms with Gasteiger partial charge in [-0.3, -0.25) is 5.41 Å². The van der Waals surface area contributed by atoms with Gasteiger partial charge in [0.2, 0.25) is 0 Å². The highest BCUT2D eigenvalue weighted by Gasteiger charge is 1.52. The lowest BCUT2D eigenvalue weighted by Crippen LogP contribution is -2.20. The Hall–Kier alpha value is -0.810. The van der Waals surface area contributed by atoms with E-state index in [0.29, 0.717) is 0 Å². The van der Waals surface area contributed by atoms with Gasteiger partial charge in [-0.2, -0.15) is 0 Å². The molecule has 0 saturated heterocycles. The number of nitrogens with one attached hydrogen (secondary N) is 1. The van der Waals surface area contributed by atoms with E-state index in [2.05, 4.69) is 11.5 Å². The highest BCUT2D eigenvalue weighted by atomic mass is 14.9. The van der Waals surface area contributed by atoms with Gasteiger partial charge in [-0.25, -0.2) is 0 Å². The first-order chi connectivity index (χ1) is 1.73. The van der Waals surface area contributed by atoms with Crippen LogP contribution in [0, 0.1) is 5.41 Å². The van der Waals surface area contributed by atoms with Crippen molar-refractivity contribution < 1.29 is 0 Å². The van der Waals surface area contributed by atoms with Crippen LogP contribution < -0.4 is 23.8 Å². The fraction of sp³-hybridized carbons (Fsp3) is 0. The van der Waals surface area contributed by atoms with Crippen molar-refractivity contribution in [3.8, 4) is 0 Å². The summed E-state index contributed by atoms with van der Waals surface area (Å²) >= 11 is 0. The molecule has 11 N–H and O–H groups in total. The quantitative estimate of drug-likeness (QED) is 0.196. The molecule has 0 unspecified atom stereocenters. The SMILES string of the molecule is N.N.N=C(N)N. The van der Waals surface area contributed by atoms with Crippen LogP contribution in [-0.4, -0.2) is 5.96 Å². The molecule has 0 aliphatic rings. The smallest absolute Gasteiger partial charge is 0.183 e. The van der Waals surface area contributed by atoms with Crippen LogP contribution in [0.25, 0.3) is 0 Å². The first-order valence-corrected chi connectivity index (χ1v) is 0.827. The second kappa shape index (κ2) is 8.89. The van der Waals surface area contributed by atoms with Gasteiger partial charge in [0.05, 0.1) is 0 Å². The summed E-state index contributed by atoms with van der Waals surface area (Å²) in [5.74, 6) is -0.333. The molecule has 0 spiro atoms. The summed E-state index contributed by atoms with van der Waals surface area (Å²) in [5, 5.41) is 6.06. The molecule has 0 saturated carbocycles. The van der Waals surface area contributed by atoms with Gasteiger partial charge in [0.15, 0.2) is 5.96 Å². The van der Waals surface area contributed by atoms with Gasteiger partial charge in [-0.15, -0.1) is 0 Å². The second-order valence-corrected chi connectivity index (χ2v) is 0.455. The third-order valence-corrected chi connectivity index (χ3v) is 0. The molecule has 0 amide bonds. The van der Waals surface area contributed by atoms with Crippen molar-refractivity contribution in [3.63, 3.8) is 0 Å². The standard InChI is InChI=1S/CH5N3.2H3N/c2-1(3)4;;/h(H5,2,3,4);2*1H3. The zero-order valence-electron chi connectivity index (χ0n) is 3.57. The van der Waals surface area contributed by atoms with Gasteiger partial charge >= 0.3 is 0 Å². The molecular weight excluding hydrogens is 82.0 g/mol. The van der Waals surface area contributed by atoms with Gasteiger partial charge < -0.3 is 23.8 Å². The van der Waals surface area contributed by atoms with E-state index in [-0.39, 0.29) is 18.3 Å². The number of hydrogen-bond donors (Lipinski definition) is 5. The molecule has 5 heteroatoms. The molecule has 0 heterocycles. The van der Waals surface area contributed by atoms with E-state index in [1.807, 2.05) is 0 Å². The average Bonchev–Trinajstić information content (AvgIpc) is 0.811. The van der Waals surface area contributed by atoms with Gasteiger partial charge in [0.25, 0.3) is 0 Å². The largest absolute Gasteiger partial charge is 0.370 e. The average molecular weight is 93.1 g/mol. The lowest BCUT2D eigenvalue weighted by Gasteiger charge is -1.69. The molecular formula is CH11N5. The Bertz CT molecular complexity index is 26.9. The molecule has 0 atom stereocenters. The first kappa shape index (κ1) is 19.0. The Morgan fingerprint density at radius 2 is 1.17 bits per heavy atom. The minimum absolute atomic E-state index is 0. The van der Waals surface area contributed by atoms with Crippen molar-refractivity contribution in [2.75, 3.05) is 0 Å². The minimum Gasteiger partial charge on any atom is -0.370 e. The Morgan fingerprint density at radius 1 is 1.17 bits per heavy atom. The summed E-state index contributed by atoms with van der Waals surface area (Å²) in [6.07, 6.45) is 0. The minimum atomic E-state index is -0.333. The Kier molecular flexibility index (Phi) is 28.1.